The molecule has 0 bridgehead atoms. The number of hydrogen-bond donors (Lipinski definition) is 0. The SMILES string of the molecule is Cc1cc2c3c(c1)c1cc(C)c(Oc4[c-]c(C5=N[C@@]6(C)CCCC[C@@H]6O5)c(C)cc4C)[c-]c1n3-c1ncccc1C2(C)C.[Pt+2]. The van der Waals surface area contributed by atoms with E-state index in [0.717, 1.165) is 51.8 Å². The first-order valence-corrected chi connectivity index (χ1v) is 15.5. The molecule has 226 valence electrons. The zero-order valence-corrected chi connectivity index (χ0v) is 28.7. The first-order valence-electron chi connectivity index (χ1n) is 15.5. The van der Waals surface area contributed by atoms with Gasteiger partial charge in [-0.3, -0.25) is 4.99 Å². The molecular weight excluding hydrogens is 726 g/mol. The monoisotopic (exact) mass is 762 g/mol. The van der Waals surface area contributed by atoms with Crippen LogP contribution in [0.2, 0.25) is 0 Å². The molecule has 8 rings (SSSR count). The Bertz CT molecular complexity index is 2040. The molecule has 4 heterocycles. The van der Waals surface area contributed by atoms with Crippen molar-refractivity contribution < 1.29 is 30.5 Å². The molecule has 5 nitrogen and oxygen atoms in total. The van der Waals surface area contributed by atoms with Crippen molar-refractivity contribution in [3.8, 4) is 17.3 Å². The Morgan fingerprint density at radius 2 is 1.68 bits per heavy atom. The van der Waals surface area contributed by atoms with Crippen LogP contribution in [0.15, 0.2) is 47.6 Å². The Morgan fingerprint density at radius 1 is 0.909 bits per heavy atom. The average Bonchev–Trinajstić information content (AvgIpc) is 3.48. The van der Waals surface area contributed by atoms with Gasteiger partial charge in [0.1, 0.15) is 17.8 Å². The quantitative estimate of drug-likeness (QED) is 0.173. The summed E-state index contributed by atoms with van der Waals surface area (Å²) in [5, 5.41) is 2.39. The Labute approximate surface area is 274 Å². The molecule has 44 heavy (non-hydrogen) atoms. The van der Waals surface area contributed by atoms with E-state index in [1.54, 1.807) is 0 Å². The largest absolute Gasteiger partial charge is 2.00 e. The third kappa shape index (κ3) is 4.15. The maximum Gasteiger partial charge on any atom is 2.00 e. The number of rotatable bonds is 3. The van der Waals surface area contributed by atoms with Gasteiger partial charge in [0.25, 0.3) is 0 Å². The second kappa shape index (κ2) is 10.0. The van der Waals surface area contributed by atoms with Crippen LogP contribution >= 0.6 is 0 Å². The van der Waals surface area contributed by atoms with E-state index < -0.39 is 0 Å². The molecule has 1 aliphatic carbocycles. The number of benzene rings is 3. The van der Waals surface area contributed by atoms with Gasteiger partial charge < -0.3 is 14.0 Å². The average molecular weight is 763 g/mol. The van der Waals surface area contributed by atoms with Crippen molar-refractivity contribution in [2.75, 3.05) is 0 Å². The van der Waals surface area contributed by atoms with Crippen LogP contribution in [0.4, 0.5) is 0 Å². The minimum Gasteiger partial charge on any atom is -0.514 e. The fraction of sp³-hybridized carbons (Fsp3) is 0.368. The summed E-state index contributed by atoms with van der Waals surface area (Å²) < 4.78 is 15.4. The maximum absolute atomic E-state index is 6.69. The summed E-state index contributed by atoms with van der Waals surface area (Å²) in [5.74, 6) is 3.03. The first-order chi connectivity index (χ1) is 20.5. The van der Waals surface area contributed by atoms with Crippen LogP contribution in [-0.4, -0.2) is 27.1 Å². The Kier molecular flexibility index (Phi) is 6.68. The van der Waals surface area contributed by atoms with Gasteiger partial charge >= 0.3 is 21.1 Å². The number of nitrogens with zero attached hydrogens (tertiary/aromatic N) is 3. The molecule has 0 saturated heterocycles. The number of hydrogen-bond acceptors (Lipinski definition) is 4. The molecule has 5 aromatic rings. The molecule has 0 spiro atoms. The van der Waals surface area contributed by atoms with Crippen LogP contribution in [0, 0.1) is 39.8 Å². The Balaban J connectivity index is 0.00000312. The van der Waals surface area contributed by atoms with E-state index in [-0.39, 0.29) is 38.1 Å². The Morgan fingerprint density at radius 3 is 2.48 bits per heavy atom. The minimum absolute atomic E-state index is 0. The summed E-state index contributed by atoms with van der Waals surface area (Å²) in [6.07, 6.45) is 6.53. The van der Waals surface area contributed by atoms with Gasteiger partial charge in [-0.05, 0) is 50.1 Å². The molecule has 0 radical (unpaired) electrons. The van der Waals surface area contributed by atoms with Crippen molar-refractivity contribution in [2.45, 2.75) is 91.2 Å². The molecule has 6 heteroatoms. The predicted molar refractivity (Wildman–Crippen MR) is 172 cm³/mol. The van der Waals surface area contributed by atoms with Gasteiger partial charge in [-0.1, -0.05) is 87.5 Å². The first kappa shape index (κ1) is 29.3. The fourth-order valence-corrected chi connectivity index (χ4v) is 7.65. The molecule has 3 aromatic carbocycles. The number of aryl methyl sites for hydroxylation is 4. The van der Waals surface area contributed by atoms with Gasteiger partial charge in [0.05, 0.1) is 5.54 Å². The smallest absolute Gasteiger partial charge is 0.514 e. The van der Waals surface area contributed by atoms with Gasteiger partial charge in [0.15, 0.2) is 0 Å². The van der Waals surface area contributed by atoms with Crippen LogP contribution < -0.4 is 4.74 Å². The van der Waals surface area contributed by atoms with Gasteiger partial charge in [-0.2, -0.15) is 6.07 Å². The number of aromatic nitrogens is 2. The zero-order chi connectivity index (χ0) is 29.8. The van der Waals surface area contributed by atoms with Crippen molar-refractivity contribution >= 4 is 27.7 Å². The van der Waals surface area contributed by atoms with E-state index in [2.05, 4.69) is 95.5 Å². The number of ether oxygens (including phenoxy) is 2. The van der Waals surface area contributed by atoms with E-state index in [1.807, 2.05) is 12.3 Å². The molecule has 2 aliphatic heterocycles. The van der Waals surface area contributed by atoms with Crippen LogP contribution in [0.1, 0.15) is 85.4 Å². The molecule has 2 aromatic heterocycles. The molecular formula is C38H37N3O2Pt. The van der Waals surface area contributed by atoms with Gasteiger partial charge in [0, 0.05) is 34.2 Å². The molecule has 0 unspecified atom stereocenters. The van der Waals surface area contributed by atoms with Crippen molar-refractivity contribution in [3.05, 3.63) is 93.7 Å². The number of pyridine rings is 1. The Hall–Kier alpha value is -3.43. The van der Waals surface area contributed by atoms with E-state index in [1.165, 1.54) is 40.4 Å². The summed E-state index contributed by atoms with van der Waals surface area (Å²) in [5.41, 5.74) is 9.66. The second-order valence-electron chi connectivity index (χ2n) is 13.7. The third-order valence-electron chi connectivity index (χ3n) is 10.1. The number of aliphatic imine (C=N–C) groups is 1. The van der Waals surface area contributed by atoms with Crippen LogP contribution in [-0.2, 0) is 31.2 Å². The third-order valence-corrected chi connectivity index (χ3v) is 10.1. The molecule has 2 atom stereocenters. The van der Waals surface area contributed by atoms with Gasteiger partial charge in [-0.25, -0.2) is 4.98 Å². The van der Waals surface area contributed by atoms with Gasteiger partial charge in [-0.15, -0.1) is 28.6 Å². The van der Waals surface area contributed by atoms with E-state index in [0.29, 0.717) is 17.4 Å². The summed E-state index contributed by atoms with van der Waals surface area (Å²) in [6.45, 7) is 15.3. The van der Waals surface area contributed by atoms with E-state index in [4.69, 9.17) is 19.5 Å². The van der Waals surface area contributed by atoms with Crippen molar-refractivity contribution in [2.24, 2.45) is 4.99 Å². The summed E-state index contributed by atoms with van der Waals surface area (Å²) in [6, 6.07) is 20.5. The van der Waals surface area contributed by atoms with Crippen molar-refractivity contribution in [1.82, 2.24) is 9.55 Å². The molecule has 1 saturated carbocycles. The maximum atomic E-state index is 6.69. The van der Waals surface area contributed by atoms with Crippen molar-refractivity contribution in [3.63, 3.8) is 0 Å². The molecule has 1 fully saturated rings. The second-order valence-corrected chi connectivity index (χ2v) is 13.7. The topological polar surface area (TPSA) is 48.6 Å². The van der Waals surface area contributed by atoms with E-state index in [9.17, 15) is 0 Å². The summed E-state index contributed by atoms with van der Waals surface area (Å²) in [4.78, 5) is 10.0. The van der Waals surface area contributed by atoms with Crippen LogP contribution in [0.25, 0.3) is 27.6 Å². The van der Waals surface area contributed by atoms with Crippen LogP contribution in [0.5, 0.6) is 11.5 Å². The van der Waals surface area contributed by atoms with E-state index >= 15 is 0 Å². The van der Waals surface area contributed by atoms with Crippen LogP contribution in [0.3, 0.4) is 0 Å². The predicted octanol–water partition coefficient (Wildman–Crippen LogP) is 8.92. The van der Waals surface area contributed by atoms with Crippen molar-refractivity contribution in [1.29, 1.82) is 0 Å². The fourth-order valence-electron chi connectivity index (χ4n) is 7.65. The van der Waals surface area contributed by atoms with Gasteiger partial charge in [0.2, 0.25) is 0 Å². The summed E-state index contributed by atoms with van der Waals surface area (Å²) in [7, 11) is 0. The number of fused-ring (bicyclic) bond motifs is 6. The summed E-state index contributed by atoms with van der Waals surface area (Å²) >= 11 is 0. The molecule has 0 N–H and O–H groups in total. The standard InChI is InChI=1S/C38H37N3O2.Pt/c1-21-15-27-26-18-24(4)32(20-30(26)41-34(27)29(16-21)37(5,6)28-11-10-14-39-35(28)41)42-31-19-25(22(2)17-23(31)3)36-40-38(7)13-9-8-12-33(38)43-36;/h10-11,14-18,33H,8-9,12-13H2,1-7H3;/q-2;+2/t33-,38-;/m0./s1. The zero-order valence-electron chi connectivity index (χ0n) is 26.4. The molecule has 0 amide bonds. The normalized spacial score (nSPS) is 21.3. The minimum atomic E-state index is -0.170. The molecule has 3 aliphatic rings.